The Morgan fingerprint density at radius 1 is 1.22 bits per heavy atom. The number of thiophene rings is 1. The predicted octanol–water partition coefficient (Wildman–Crippen LogP) is 4.44. The molecule has 2 aliphatic rings. The van der Waals surface area contributed by atoms with Gasteiger partial charge in [-0.3, -0.25) is 4.90 Å². The Bertz CT molecular complexity index is 1230. The molecule has 32 heavy (non-hydrogen) atoms. The number of furan rings is 1. The summed E-state index contributed by atoms with van der Waals surface area (Å²) in [5.74, 6) is 2.48. The summed E-state index contributed by atoms with van der Waals surface area (Å²) in [6.07, 6.45) is 4.97. The molecule has 5 heterocycles. The van der Waals surface area contributed by atoms with Crippen LogP contribution in [-0.4, -0.2) is 51.4 Å². The SMILES string of the molecule is C[C@@H]1CCc2c(sc3nc(CN4CCOCC4)nc(Sc4nnc(-c5ccco5)o4)c23)C1. The summed E-state index contributed by atoms with van der Waals surface area (Å²) in [5.41, 5.74) is 1.40. The highest BCUT2D eigenvalue weighted by atomic mass is 32.2. The third-order valence-corrected chi connectivity index (χ3v) is 7.94. The Morgan fingerprint density at radius 2 is 2.12 bits per heavy atom. The van der Waals surface area contributed by atoms with Crippen LogP contribution in [-0.2, 0) is 24.1 Å². The van der Waals surface area contributed by atoms with Gasteiger partial charge in [-0.05, 0) is 54.6 Å². The highest BCUT2D eigenvalue weighted by Crippen LogP contribution is 2.42. The third-order valence-electron chi connectivity index (χ3n) is 5.96. The van der Waals surface area contributed by atoms with Gasteiger partial charge in [0.25, 0.3) is 11.1 Å². The lowest BCUT2D eigenvalue weighted by atomic mass is 9.89. The predicted molar refractivity (Wildman–Crippen MR) is 121 cm³/mol. The number of hydrogen-bond acceptors (Lipinski definition) is 10. The first-order valence-corrected chi connectivity index (χ1v) is 12.5. The first-order valence-electron chi connectivity index (χ1n) is 10.9. The molecule has 8 nitrogen and oxygen atoms in total. The van der Waals surface area contributed by atoms with Crippen LogP contribution in [0.1, 0.15) is 29.6 Å². The summed E-state index contributed by atoms with van der Waals surface area (Å²) in [7, 11) is 0. The maximum Gasteiger partial charge on any atom is 0.284 e. The van der Waals surface area contributed by atoms with Crippen LogP contribution in [0.4, 0.5) is 0 Å². The van der Waals surface area contributed by atoms with Gasteiger partial charge in [0.15, 0.2) is 5.76 Å². The average molecular weight is 470 g/mol. The number of aryl methyl sites for hydroxylation is 1. The minimum atomic E-state index is 0.373. The van der Waals surface area contributed by atoms with Gasteiger partial charge in [-0.15, -0.1) is 21.5 Å². The van der Waals surface area contributed by atoms with Crippen molar-refractivity contribution < 1.29 is 13.6 Å². The Kier molecular flexibility index (Phi) is 5.46. The molecule has 1 saturated heterocycles. The number of aromatic nitrogens is 4. The van der Waals surface area contributed by atoms with Crippen LogP contribution >= 0.6 is 23.1 Å². The highest BCUT2D eigenvalue weighted by molar-refractivity contribution is 7.99. The fourth-order valence-electron chi connectivity index (χ4n) is 4.29. The summed E-state index contributed by atoms with van der Waals surface area (Å²) in [6, 6.07) is 3.61. The largest absolute Gasteiger partial charge is 0.459 e. The Hall–Kier alpha value is -2.27. The van der Waals surface area contributed by atoms with E-state index in [0.29, 0.717) is 29.3 Å². The van der Waals surface area contributed by atoms with E-state index in [1.807, 2.05) is 17.4 Å². The molecular formula is C22H23N5O3S2. The van der Waals surface area contributed by atoms with E-state index in [2.05, 4.69) is 22.0 Å². The van der Waals surface area contributed by atoms with E-state index in [9.17, 15) is 0 Å². The molecule has 10 heteroatoms. The lowest BCUT2D eigenvalue weighted by molar-refractivity contribution is 0.0330. The Labute approximate surface area is 193 Å². The van der Waals surface area contributed by atoms with Crippen molar-refractivity contribution in [2.45, 2.75) is 43.0 Å². The molecule has 0 unspecified atom stereocenters. The molecule has 166 valence electrons. The fraction of sp³-hybridized carbons (Fsp3) is 0.455. The lowest BCUT2D eigenvalue weighted by Crippen LogP contribution is -2.36. The molecular weight excluding hydrogens is 446 g/mol. The van der Waals surface area contributed by atoms with Gasteiger partial charge in [-0.25, -0.2) is 9.97 Å². The van der Waals surface area contributed by atoms with Crippen molar-refractivity contribution in [1.29, 1.82) is 0 Å². The molecule has 0 bridgehead atoms. The topological polar surface area (TPSA) is 90.3 Å². The average Bonchev–Trinajstić information content (AvgIpc) is 3.53. The van der Waals surface area contributed by atoms with Gasteiger partial charge in [-0.1, -0.05) is 6.92 Å². The molecule has 0 saturated carbocycles. The van der Waals surface area contributed by atoms with Gasteiger partial charge in [0.1, 0.15) is 15.7 Å². The highest BCUT2D eigenvalue weighted by Gasteiger charge is 2.26. The summed E-state index contributed by atoms with van der Waals surface area (Å²) >= 11 is 3.24. The molecule has 0 N–H and O–H groups in total. The van der Waals surface area contributed by atoms with E-state index in [1.165, 1.54) is 28.6 Å². The standard InChI is InChI=1S/C22H23N5O3S2/c1-13-4-5-14-16(11-13)31-20-18(14)21(24-17(23-20)12-27-6-9-28-10-7-27)32-22-26-25-19(30-22)15-3-2-8-29-15/h2-3,8,13H,4-7,9-12H2,1H3/t13-/m1/s1. The molecule has 1 aliphatic carbocycles. The number of nitrogens with zero attached hydrogens (tertiary/aromatic N) is 5. The maximum atomic E-state index is 5.87. The van der Waals surface area contributed by atoms with Gasteiger partial charge < -0.3 is 13.6 Å². The molecule has 0 radical (unpaired) electrons. The minimum absolute atomic E-state index is 0.373. The van der Waals surface area contributed by atoms with Crippen LogP contribution in [0.5, 0.6) is 0 Å². The Morgan fingerprint density at radius 3 is 2.97 bits per heavy atom. The van der Waals surface area contributed by atoms with E-state index in [1.54, 1.807) is 12.3 Å². The molecule has 1 atom stereocenters. The van der Waals surface area contributed by atoms with Gasteiger partial charge in [0.05, 0.1) is 26.0 Å². The number of hydrogen-bond donors (Lipinski definition) is 0. The van der Waals surface area contributed by atoms with Crippen molar-refractivity contribution in [2.75, 3.05) is 26.3 Å². The van der Waals surface area contributed by atoms with Crippen LogP contribution < -0.4 is 0 Å². The number of morpholine rings is 1. The first kappa shape index (κ1) is 20.3. The summed E-state index contributed by atoms with van der Waals surface area (Å²) in [5, 5.41) is 10.9. The number of rotatable bonds is 5. The van der Waals surface area contributed by atoms with Gasteiger partial charge in [0, 0.05) is 23.4 Å². The molecule has 1 aliphatic heterocycles. The molecule has 1 fully saturated rings. The van der Waals surface area contributed by atoms with E-state index in [4.69, 9.17) is 23.5 Å². The summed E-state index contributed by atoms with van der Waals surface area (Å²) < 4.78 is 16.7. The second-order valence-electron chi connectivity index (χ2n) is 8.32. The molecule has 4 aromatic heterocycles. The molecule has 6 rings (SSSR count). The smallest absolute Gasteiger partial charge is 0.284 e. The number of ether oxygens (including phenoxy) is 1. The molecule has 0 spiro atoms. The van der Waals surface area contributed by atoms with Crippen molar-refractivity contribution in [1.82, 2.24) is 25.1 Å². The summed E-state index contributed by atoms with van der Waals surface area (Å²) in [6.45, 7) is 6.36. The normalized spacial score (nSPS) is 19.5. The van der Waals surface area contributed by atoms with Crippen molar-refractivity contribution >= 4 is 33.3 Å². The van der Waals surface area contributed by atoms with Gasteiger partial charge in [-0.2, -0.15) is 0 Å². The summed E-state index contributed by atoms with van der Waals surface area (Å²) in [4.78, 5) is 14.8. The zero-order valence-electron chi connectivity index (χ0n) is 17.7. The Balaban J connectivity index is 1.38. The lowest BCUT2D eigenvalue weighted by Gasteiger charge is -2.25. The molecule has 0 amide bonds. The van der Waals surface area contributed by atoms with Crippen molar-refractivity contribution in [3.05, 3.63) is 34.7 Å². The third kappa shape index (κ3) is 3.96. The van der Waals surface area contributed by atoms with Crippen molar-refractivity contribution in [2.24, 2.45) is 5.92 Å². The van der Waals surface area contributed by atoms with Gasteiger partial charge >= 0.3 is 0 Å². The van der Waals surface area contributed by atoms with Crippen LogP contribution in [0.3, 0.4) is 0 Å². The van der Waals surface area contributed by atoms with E-state index in [0.717, 1.165) is 60.2 Å². The minimum Gasteiger partial charge on any atom is -0.459 e. The monoisotopic (exact) mass is 469 g/mol. The maximum absolute atomic E-state index is 5.87. The second kappa shape index (κ2) is 8.58. The zero-order chi connectivity index (χ0) is 21.5. The second-order valence-corrected chi connectivity index (χ2v) is 10.3. The van der Waals surface area contributed by atoms with Gasteiger partial charge in [0.2, 0.25) is 0 Å². The van der Waals surface area contributed by atoms with E-state index in [-0.39, 0.29) is 0 Å². The quantitative estimate of drug-likeness (QED) is 0.393. The first-order chi connectivity index (χ1) is 15.7. The van der Waals surface area contributed by atoms with E-state index >= 15 is 0 Å². The molecule has 4 aromatic rings. The van der Waals surface area contributed by atoms with Crippen LogP contribution in [0.15, 0.2) is 37.5 Å². The van der Waals surface area contributed by atoms with Crippen molar-refractivity contribution in [3.8, 4) is 11.7 Å². The van der Waals surface area contributed by atoms with Crippen LogP contribution in [0.2, 0.25) is 0 Å². The fourth-order valence-corrected chi connectivity index (χ4v) is 6.60. The van der Waals surface area contributed by atoms with Crippen LogP contribution in [0.25, 0.3) is 21.9 Å². The van der Waals surface area contributed by atoms with E-state index < -0.39 is 0 Å². The molecule has 0 aromatic carbocycles. The zero-order valence-corrected chi connectivity index (χ0v) is 19.4. The number of fused-ring (bicyclic) bond motifs is 3. The van der Waals surface area contributed by atoms with Crippen LogP contribution in [0, 0.1) is 5.92 Å². The van der Waals surface area contributed by atoms with Crippen molar-refractivity contribution in [3.63, 3.8) is 0 Å².